The van der Waals surface area contributed by atoms with Crippen LogP contribution in [-0.4, -0.2) is 0 Å². The lowest BCUT2D eigenvalue weighted by molar-refractivity contribution is 1.69. The summed E-state index contributed by atoms with van der Waals surface area (Å²) in [5, 5.41) is 3.70. The molecule has 3 rings (SSSR count). The fourth-order valence-electron chi connectivity index (χ4n) is 1.87. The highest BCUT2D eigenvalue weighted by Crippen LogP contribution is 2.40. The largest absolute Gasteiger partial charge is 0.186 e. The molecule has 1 heterocycles. The van der Waals surface area contributed by atoms with E-state index in [2.05, 4.69) is 99.1 Å². The van der Waals surface area contributed by atoms with Crippen LogP contribution in [0.15, 0.2) is 53.9 Å². The molecule has 0 saturated carbocycles. The van der Waals surface area contributed by atoms with Crippen LogP contribution in [0.3, 0.4) is 0 Å². The Bertz CT molecular complexity index is 686. The average Bonchev–Trinajstić information content (AvgIpc) is 2.71. The number of thiophene rings is 1. The molecule has 0 N–H and O–H groups in total. The van der Waals surface area contributed by atoms with Gasteiger partial charge in [0, 0.05) is 35.1 Å². The van der Waals surface area contributed by atoms with E-state index in [-0.39, 0.29) is 10.5 Å². The summed E-state index contributed by atoms with van der Waals surface area (Å²) in [7, 11) is 0.127. The normalized spacial score (nSPS) is 12.0. The van der Waals surface area contributed by atoms with Crippen LogP contribution in [0.25, 0.3) is 15.0 Å². The van der Waals surface area contributed by atoms with Crippen molar-refractivity contribution in [3.05, 3.63) is 61.1 Å². The minimum atomic E-state index is 0.127. The predicted octanol–water partition coefficient (Wildman–Crippen LogP) is 5.79. The van der Waals surface area contributed by atoms with E-state index in [1.807, 2.05) is 0 Å². The van der Waals surface area contributed by atoms with Crippen LogP contribution in [0, 0.1) is 7.14 Å². The first-order valence-electron chi connectivity index (χ1n) is 5.20. The molecule has 3 aromatic rings. The lowest BCUT2D eigenvalue weighted by atomic mass is 10.3. The van der Waals surface area contributed by atoms with Crippen molar-refractivity contribution in [1.82, 2.24) is 0 Å². The van der Waals surface area contributed by atoms with E-state index >= 15 is 0 Å². The molecule has 0 amide bonds. The van der Waals surface area contributed by atoms with Gasteiger partial charge in [-0.3, -0.25) is 0 Å². The maximum atomic E-state index is 2.38. The fraction of sp³-hybridized carbons (Fsp3) is 0. The molecule has 0 saturated heterocycles. The Hall–Kier alpha value is -0.140. The van der Waals surface area contributed by atoms with E-state index in [1.54, 1.807) is 0 Å². The second kappa shape index (κ2) is 4.85. The van der Waals surface area contributed by atoms with E-state index < -0.39 is 0 Å². The van der Waals surface area contributed by atoms with Crippen LogP contribution in [0.4, 0.5) is 0 Å². The first kappa shape index (κ1) is 11.9. The molecule has 1 atom stereocenters. The van der Waals surface area contributed by atoms with E-state index in [1.165, 1.54) is 22.1 Å². The van der Waals surface area contributed by atoms with Crippen molar-refractivity contribution in [2.24, 2.45) is 0 Å². The maximum absolute atomic E-state index is 2.38. The van der Waals surface area contributed by atoms with Gasteiger partial charge >= 0.3 is 0 Å². The molecule has 0 fully saturated rings. The van der Waals surface area contributed by atoms with Gasteiger partial charge in [-0.05, 0) is 75.5 Å². The molecular weight excluding hydrogens is 454 g/mol. The minimum Gasteiger partial charge on any atom is -0.0558 e. The molecule has 0 spiro atoms. The molecule has 0 bridgehead atoms. The first-order chi connectivity index (χ1) is 8.24. The van der Waals surface area contributed by atoms with Crippen LogP contribution in [-0.2, 0) is 0 Å². The number of benzene rings is 2. The SMILES string of the molecule is Ic1cccc(-[s+]2ccc3cc(I)ccc32)c1. The van der Waals surface area contributed by atoms with E-state index in [0.717, 1.165) is 0 Å². The van der Waals surface area contributed by atoms with Crippen molar-refractivity contribution < 1.29 is 0 Å². The Morgan fingerprint density at radius 1 is 0.824 bits per heavy atom. The lowest BCUT2D eigenvalue weighted by Crippen LogP contribution is -1.73. The zero-order chi connectivity index (χ0) is 11.8. The molecule has 84 valence electrons. The second-order valence-electron chi connectivity index (χ2n) is 3.78. The van der Waals surface area contributed by atoms with Gasteiger partial charge in [-0.15, -0.1) is 0 Å². The van der Waals surface area contributed by atoms with Crippen molar-refractivity contribution in [2.75, 3.05) is 0 Å². The first-order valence-corrected chi connectivity index (χ1v) is 8.65. The van der Waals surface area contributed by atoms with Gasteiger partial charge < -0.3 is 0 Å². The summed E-state index contributed by atoms with van der Waals surface area (Å²) in [5.74, 6) is 0. The monoisotopic (exact) mass is 463 g/mol. The molecule has 1 aromatic heterocycles. The minimum absolute atomic E-state index is 0.127. The summed E-state index contributed by atoms with van der Waals surface area (Å²) in [6, 6.07) is 17.8. The molecular formula is C14H9I2S+. The topological polar surface area (TPSA) is 0 Å². The summed E-state index contributed by atoms with van der Waals surface area (Å²) in [5.41, 5.74) is 0. The highest BCUT2D eigenvalue weighted by molar-refractivity contribution is 14.1. The third-order valence-electron chi connectivity index (χ3n) is 2.64. The molecule has 3 heteroatoms. The number of halogens is 2. The molecule has 0 aliphatic heterocycles. The van der Waals surface area contributed by atoms with Crippen LogP contribution in [0.5, 0.6) is 0 Å². The molecule has 0 aliphatic rings. The third kappa shape index (κ3) is 2.37. The molecule has 0 aliphatic carbocycles. The number of fused-ring (bicyclic) bond motifs is 1. The van der Waals surface area contributed by atoms with Crippen LogP contribution in [0.1, 0.15) is 0 Å². The van der Waals surface area contributed by atoms with Gasteiger partial charge in [-0.2, -0.15) is 0 Å². The number of hydrogen-bond donors (Lipinski definition) is 0. The number of hydrogen-bond acceptors (Lipinski definition) is 0. The highest BCUT2D eigenvalue weighted by Gasteiger charge is 2.15. The zero-order valence-electron chi connectivity index (χ0n) is 8.86. The van der Waals surface area contributed by atoms with Crippen molar-refractivity contribution in [2.45, 2.75) is 0 Å². The van der Waals surface area contributed by atoms with Gasteiger partial charge in [0.05, 0.1) is 0 Å². The van der Waals surface area contributed by atoms with Gasteiger partial charge in [0.1, 0.15) is 5.38 Å². The summed E-state index contributed by atoms with van der Waals surface area (Å²) in [4.78, 5) is 1.41. The standard InChI is InChI=1S/C14H9I2S/c15-11-2-1-3-13(9-11)17-7-6-10-8-12(16)4-5-14(10)17/h1-9H/q+1. The van der Waals surface area contributed by atoms with E-state index in [0.29, 0.717) is 0 Å². The molecule has 0 radical (unpaired) electrons. The second-order valence-corrected chi connectivity index (χ2v) is 8.13. The zero-order valence-corrected chi connectivity index (χ0v) is 14.0. The Labute approximate surface area is 130 Å². The lowest BCUT2D eigenvalue weighted by Gasteiger charge is -1.93. The van der Waals surface area contributed by atoms with Gasteiger partial charge in [-0.25, -0.2) is 0 Å². The number of rotatable bonds is 1. The maximum Gasteiger partial charge on any atom is 0.186 e. The summed E-state index contributed by atoms with van der Waals surface area (Å²) in [6.45, 7) is 0. The Morgan fingerprint density at radius 3 is 2.47 bits per heavy atom. The van der Waals surface area contributed by atoms with Gasteiger partial charge in [0.2, 0.25) is 0 Å². The Morgan fingerprint density at radius 2 is 1.65 bits per heavy atom. The van der Waals surface area contributed by atoms with E-state index in [9.17, 15) is 0 Å². The quantitative estimate of drug-likeness (QED) is 0.317. The highest BCUT2D eigenvalue weighted by atomic mass is 127. The van der Waals surface area contributed by atoms with Crippen molar-refractivity contribution in [3.8, 4) is 4.90 Å². The molecule has 1 unspecified atom stereocenters. The average molecular weight is 463 g/mol. The van der Waals surface area contributed by atoms with Crippen LogP contribution >= 0.6 is 55.7 Å². The van der Waals surface area contributed by atoms with Gasteiger partial charge in [-0.1, -0.05) is 6.07 Å². The Balaban J connectivity index is 2.24. The van der Waals surface area contributed by atoms with Gasteiger partial charge in [0.15, 0.2) is 9.60 Å². The smallest absolute Gasteiger partial charge is 0.0558 e. The molecule has 0 nitrogen and oxygen atoms in total. The summed E-state index contributed by atoms with van der Waals surface area (Å²) in [6.07, 6.45) is 0. The third-order valence-corrected chi connectivity index (χ3v) is 6.00. The van der Waals surface area contributed by atoms with Crippen LogP contribution in [0.2, 0.25) is 0 Å². The molecule has 17 heavy (non-hydrogen) atoms. The Kier molecular flexibility index (Phi) is 3.40. The van der Waals surface area contributed by atoms with Crippen molar-refractivity contribution in [1.29, 1.82) is 0 Å². The fourth-order valence-corrected chi connectivity index (χ4v) is 5.06. The van der Waals surface area contributed by atoms with Crippen molar-refractivity contribution in [3.63, 3.8) is 0 Å². The summed E-state index contributed by atoms with van der Waals surface area (Å²) < 4.78 is 4.06. The predicted molar refractivity (Wildman–Crippen MR) is 93.2 cm³/mol. The summed E-state index contributed by atoms with van der Waals surface area (Å²) >= 11 is 4.74. The van der Waals surface area contributed by atoms with E-state index in [4.69, 9.17) is 0 Å². The van der Waals surface area contributed by atoms with Crippen LogP contribution < -0.4 is 0 Å². The van der Waals surface area contributed by atoms with Gasteiger partial charge in [0.25, 0.3) is 0 Å². The molecule has 2 aromatic carbocycles. The van der Waals surface area contributed by atoms with Crippen molar-refractivity contribution >= 4 is 65.7 Å².